The minimum absolute atomic E-state index is 0.135. The Kier molecular flexibility index (Phi) is 4.74. The number of nitrogens with one attached hydrogen (secondary N) is 1. The average Bonchev–Trinajstić information content (AvgIpc) is 2.34. The van der Waals surface area contributed by atoms with E-state index in [-0.39, 0.29) is 5.56 Å². The lowest BCUT2D eigenvalue weighted by Crippen LogP contribution is -2.13. The Bertz CT molecular complexity index is 405. The van der Waals surface area contributed by atoms with E-state index in [0.717, 1.165) is 0 Å². The molecular formula is C11H15NO5. The van der Waals surface area contributed by atoms with Crippen LogP contribution in [0, 0.1) is 0 Å². The number of carboxylic acid groups (broad SMARTS) is 1. The smallest absolute Gasteiger partial charge is 0.335 e. The second-order valence-corrected chi connectivity index (χ2v) is 3.20. The van der Waals surface area contributed by atoms with Crippen LogP contribution in [0.25, 0.3) is 0 Å². The molecule has 0 aliphatic heterocycles. The maximum absolute atomic E-state index is 10.9. The fourth-order valence-electron chi connectivity index (χ4n) is 1.45. The molecule has 1 rings (SSSR count). The Morgan fingerprint density at radius 3 is 2.47 bits per heavy atom. The molecule has 6 heteroatoms. The highest BCUT2D eigenvalue weighted by atomic mass is 16.6. The van der Waals surface area contributed by atoms with E-state index in [1.165, 1.54) is 33.5 Å². The van der Waals surface area contributed by atoms with Crippen LogP contribution in [0.5, 0.6) is 11.5 Å². The summed E-state index contributed by atoms with van der Waals surface area (Å²) in [6.45, 7) is 0.317. The van der Waals surface area contributed by atoms with E-state index >= 15 is 0 Å². The van der Waals surface area contributed by atoms with E-state index in [4.69, 9.17) is 19.4 Å². The van der Waals surface area contributed by atoms with Gasteiger partial charge in [0.1, 0.15) is 0 Å². The number of hydrogen-bond acceptors (Lipinski definition) is 5. The van der Waals surface area contributed by atoms with Gasteiger partial charge < -0.3 is 19.4 Å². The van der Waals surface area contributed by atoms with Gasteiger partial charge in [0.25, 0.3) is 0 Å². The van der Waals surface area contributed by atoms with Crippen LogP contribution in [-0.4, -0.2) is 32.4 Å². The first-order valence-corrected chi connectivity index (χ1v) is 4.88. The summed E-state index contributed by atoms with van der Waals surface area (Å²) in [5.74, 6) is -0.160. The molecule has 17 heavy (non-hydrogen) atoms. The molecule has 1 aromatic rings. The molecule has 0 amide bonds. The zero-order valence-corrected chi connectivity index (χ0v) is 9.94. The number of benzene rings is 1. The maximum atomic E-state index is 10.9. The van der Waals surface area contributed by atoms with Crippen LogP contribution in [0.15, 0.2) is 12.1 Å². The fraction of sp³-hybridized carbons (Fsp3) is 0.364. The number of hydrogen-bond donors (Lipinski definition) is 2. The molecule has 94 valence electrons. The first-order valence-electron chi connectivity index (χ1n) is 4.88. The summed E-state index contributed by atoms with van der Waals surface area (Å²) >= 11 is 0. The van der Waals surface area contributed by atoms with Gasteiger partial charge in [-0.3, -0.25) is 0 Å². The zero-order chi connectivity index (χ0) is 12.8. The molecule has 0 radical (unpaired) electrons. The second kappa shape index (κ2) is 6.07. The van der Waals surface area contributed by atoms with Crippen LogP contribution in [0.1, 0.15) is 15.9 Å². The van der Waals surface area contributed by atoms with Gasteiger partial charge in [0, 0.05) is 12.1 Å². The van der Waals surface area contributed by atoms with Gasteiger partial charge in [0.05, 0.1) is 26.9 Å². The van der Waals surface area contributed by atoms with Crippen LogP contribution in [-0.2, 0) is 11.4 Å². The summed E-state index contributed by atoms with van der Waals surface area (Å²) in [6, 6.07) is 2.92. The number of carbonyl (C=O) groups is 1. The van der Waals surface area contributed by atoms with Crippen molar-refractivity contribution in [3.05, 3.63) is 23.3 Å². The Labute approximate surface area is 99.1 Å². The van der Waals surface area contributed by atoms with E-state index in [1.807, 2.05) is 0 Å². The minimum atomic E-state index is -1.02. The van der Waals surface area contributed by atoms with Gasteiger partial charge >= 0.3 is 5.97 Å². The quantitative estimate of drug-likeness (QED) is 0.725. The van der Waals surface area contributed by atoms with Gasteiger partial charge in [0.2, 0.25) is 0 Å². The molecule has 0 spiro atoms. The average molecular weight is 241 g/mol. The van der Waals surface area contributed by atoms with Gasteiger partial charge in [-0.2, -0.15) is 5.48 Å². The molecule has 0 fully saturated rings. The lowest BCUT2D eigenvalue weighted by Gasteiger charge is -2.13. The third kappa shape index (κ3) is 3.08. The van der Waals surface area contributed by atoms with Crippen LogP contribution in [0.2, 0.25) is 0 Å². The molecule has 0 saturated heterocycles. The van der Waals surface area contributed by atoms with E-state index in [2.05, 4.69) is 5.48 Å². The molecule has 0 saturated carbocycles. The van der Waals surface area contributed by atoms with Gasteiger partial charge in [0.15, 0.2) is 11.5 Å². The summed E-state index contributed by atoms with van der Waals surface area (Å²) in [5.41, 5.74) is 3.41. The van der Waals surface area contributed by atoms with E-state index in [9.17, 15) is 4.79 Å². The molecule has 0 bridgehead atoms. The highest BCUT2D eigenvalue weighted by molar-refractivity contribution is 5.89. The molecule has 0 aliphatic carbocycles. The molecule has 6 nitrogen and oxygen atoms in total. The zero-order valence-electron chi connectivity index (χ0n) is 9.94. The van der Waals surface area contributed by atoms with Crippen molar-refractivity contribution in [3.63, 3.8) is 0 Å². The Hall–Kier alpha value is -1.79. The van der Waals surface area contributed by atoms with E-state index < -0.39 is 5.97 Å². The van der Waals surface area contributed by atoms with Crippen LogP contribution >= 0.6 is 0 Å². The van der Waals surface area contributed by atoms with Crippen molar-refractivity contribution < 1.29 is 24.2 Å². The van der Waals surface area contributed by atoms with E-state index in [1.54, 1.807) is 0 Å². The number of hydroxylamine groups is 1. The van der Waals surface area contributed by atoms with Crippen molar-refractivity contribution in [2.45, 2.75) is 6.54 Å². The molecule has 0 unspecified atom stereocenters. The monoisotopic (exact) mass is 241 g/mol. The molecule has 0 aromatic heterocycles. The van der Waals surface area contributed by atoms with Crippen LogP contribution in [0.3, 0.4) is 0 Å². The van der Waals surface area contributed by atoms with E-state index in [0.29, 0.717) is 23.6 Å². The van der Waals surface area contributed by atoms with Gasteiger partial charge in [-0.1, -0.05) is 0 Å². The van der Waals surface area contributed by atoms with Crippen LogP contribution in [0.4, 0.5) is 0 Å². The predicted octanol–water partition coefficient (Wildman–Crippen LogP) is 1.05. The summed E-state index contributed by atoms with van der Waals surface area (Å²) in [5, 5.41) is 8.97. The molecule has 0 heterocycles. The van der Waals surface area contributed by atoms with Crippen molar-refractivity contribution in [2.75, 3.05) is 21.3 Å². The number of aromatic carboxylic acids is 1. The lowest BCUT2D eigenvalue weighted by atomic mass is 10.1. The second-order valence-electron chi connectivity index (χ2n) is 3.20. The van der Waals surface area contributed by atoms with Crippen molar-refractivity contribution in [1.29, 1.82) is 0 Å². The first-order chi connectivity index (χ1) is 8.13. The van der Waals surface area contributed by atoms with Crippen LogP contribution < -0.4 is 15.0 Å². The van der Waals surface area contributed by atoms with Gasteiger partial charge in [-0.15, -0.1) is 0 Å². The Morgan fingerprint density at radius 1 is 1.29 bits per heavy atom. The van der Waals surface area contributed by atoms with Crippen molar-refractivity contribution >= 4 is 5.97 Å². The summed E-state index contributed by atoms with van der Waals surface area (Å²) in [6.07, 6.45) is 0. The molecule has 1 aromatic carbocycles. The maximum Gasteiger partial charge on any atom is 0.335 e. The number of ether oxygens (including phenoxy) is 2. The van der Waals surface area contributed by atoms with Crippen molar-refractivity contribution in [1.82, 2.24) is 5.48 Å². The Morgan fingerprint density at radius 2 is 2.00 bits per heavy atom. The largest absolute Gasteiger partial charge is 0.493 e. The highest BCUT2D eigenvalue weighted by Gasteiger charge is 2.15. The number of rotatable bonds is 6. The first kappa shape index (κ1) is 13.3. The Balaban J connectivity index is 3.21. The van der Waals surface area contributed by atoms with Gasteiger partial charge in [-0.05, 0) is 12.1 Å². The highest BCUT2D eigenvalue weighted by Crippen LogP contribution is 2.32. The lowest BCUT2D eigenvalue weighted by molar-refractivity contribution is 0.0695. The van der Waals surface area contributed by atoms with Gasteiger partial charge in [-0.25, -0.2) is 4.79 Å². The molecule has 0 atom stereocenters. The minimum Gasteiger partial charge on any atom is -0.493 e. The fourth-order valence-corrected chi connectivity index (χ4v) is 1.45. The molecule has 2 N–H and O–H groups in total. The summed E-state index contributed by atoms with van der Waals surface area (Å²) in [4.78, 5) is 15.7. The third-order valence-electron chi connectivity index (χ3n) is 2.21. The van der Waals surface area contributed by atoms with Crippen molar-refractivity contribution in [2.24, 2.45) is 0 Å². The van der Waals surface area contributed by atoms with Crippen molar-refractivity contribution in [3.8, 4) is 11.5 Å². The number of methoxy groups -OCH3 is 2. The SMILES string of the molecule is CONCc1cc(C(=O)O)cc(OC)c1OC. The summed E-state index contributed by atoms with van der Waals surface area (Å²) < 4.78 is 10.3. The number of carboxylic acids is 1. The third-order valence-corrected chi connectivity index (χ3v) is 2.21. The standard InChI is InChI=1S/C11H15NO5/c1-15-9-5-7(11(13)14)4-8(6-12-17-3)10(9)16-2/h4-5,12H,6H2,1-3H3,(H,13,14). The topological polar surface area (TPSA) is 77.0 Å². The summed E-state index contributed by atoms with van der Waals surface area (Å²) in [7, 11) is 4.43. The molecular weight excluding hydrogens is 226 g/mol. The normalized spacial score (nSPS) is 10.1. The predicted molar refractivity (Wildman–Crippen MR) is 60.4 cm³/mol. The molecule has 0 aliphatic rings.